The Hall–Kier alpha value is -4.29. The molecule has 0 saturated heterocycles. The maximum absolute atomic E-state index is 12.8. The van der Waals surface area contributed by atoms with Crippen LogP contribution in [0.1, 0.15) is 27.2 Å². The highest BCUT2D eigenvalue weighted by atomic mass is 35.5. The van der Waals surface area contributed by atoms with Gasteiger partial charge in [0.1, 0.15) is 11.6 Å². The van der Waals surface area contributed by atoms with E-state index in [1.807, 2.05) is 0 Å². The molecule has 0 spiro atoms. The summed E-state index contributed by atoms with van der Waals surface area (Å²) in [5.74, 6) is -1.46. The zero-order valence-corrected chi connectivity index (χ0v) is 15.8. The van der Waals surface area contributed by atoms with Crippen molar-refractivity contribution in [2.75, 3.05) is 0 Å². The highest BCUT2D eigenvalue weighted by Gasteiger charge is 2.21. The number of benzene rings is 2. The van der Waals surface area contributed by atoms with Crippen molar-refractivity contribution in [3.8, 4) is 11.8 Å². The molecule has 2 aromatic carbocycles. The summed E-state index contributed by atoms with van der Waals surface area (Å²) in [5, 5.41) is 34.1. The largest absolute Gasteiger partial charge is 0.476 e. The maximum atomic E-state index is 12.8. The van der Waals surface area contributed by atoms with E-state index in [1.165, 1.54) is 30.4 Å². The van der Waals surface area contributed by atoms with Crippen molar-refractivity contribution in [1.29, 1.82) is 5.26 Å². The highest BCUT2D eigenvalue weighted by Crippen LogP contribution is 2.25. The predicted molar refractivity (Wildman–Crippen MR) is 109 cm³/mol. The Morgan fingerprint density at radius 3 is 2.53 bits per heavy atom. The summed E-state index contributed by atoms with van der Waals surface area (Å²) in [4.78, 5) is 34.9. The minimum absolute atomic E-state index is 0.165. The minimum Gasteiger partial charge on any atom is -0.476 e. The molecule has 1 heterocycles. The lowest BCUT2D eigenvalue weighted by Crippen LogP contribution is -2.28. The monoisotopic (exact) mass is 422 g/mol. The van der Waals surface area contributed by atoms with Gasteiger partial charge in [-0.05, 0) is 23.8 Å². The molecular weight excluding hydrogens is 412 g/mol. The molecular formula is C20H11ClN4O5. The van der Waals surface area contributed by atoms with Gasteiger partial charge in [-0.3, -0.25) is 14.9 Å². The zero-order valence-electron chi connectivity index (χ0n) is 15.0. The van der Waals surface area contributed by atoms with E-state index in [0.717, 1.165) is 4.68 Å². The number of nitriles is 1. The maximum Gasteiger partial charge on any atom is 0.357 e. The van der Waals surface area contributed by atoms with Crippen LogP contribution in [-0.2, 0) is 0 Å². The zero-order chi connectivity index (χ0) is 21.8. The van der Waals surface area contributed by atoms with Gasteiger partial charge < -0.3 is 5.11 Å². The van der Waals surface area contributed by atoms with Crippen LogP contribution in [0.3, 0.4) is 0 Å². The number of carboxylic acid groups (broad SMARTS) is 1. The fourth-order valence-corrected chi connectivity index (χ4v) is 2.84. The average molecular weight is 423 g/mol. The number of hydrogen-bond donors (Lipinski definition) is 1. The normalized spacial score (nSPS) is 10.7. The summed E-state index contributed by atoms with van der Waals surface area (Å²) >= 11 is 6.04. The van der Waals surface area contributed by atoms with E-state index in [-0.39, 0.29) is 21.8 Å². The Morgan fingerprint density at radius 1 is 1.23 bits per heavy atom. The number of hydrogen-bond acceptors (Lipinski definition) is 6. The molecule has 0 bridgehead atoms. The summed E-state index contributed by atoms with van der Waals surface area (Å²) in [6.45, 7) is 0. The van der Waals surface area contributed by atoms with Crippen LogP contribution in [0.5, 0.6) is 0 Å². The number of rotatable bonds is 5. The van der Waals surface area contributed by atoms with Crippen LogP contribution in [0.25, 0.3) is 17.8 Å². The molecule has 0 amide bonds. The first kappa shape index (κ1) is 20.4. The van der Waals surface area contributed by atoms with E-state index in [0.29, 0.717) is 5.69 Å². The fraction of sp³-hybridized carbons (Fsp3) is 0. The van der Waals surface area contributed by atoms with Gasteiger partial charge in [0.25, 0.3) is 11.2 Å². The third-order valence-corrected chi connectivity index (χ3v) is 4.41. The third kappa shape index (κ3) is 3.94. The van der Waals surface area contributed by atoms with E-state index >= 15 is 0 Å². The van der Waals surface area contributed by atoms with Gasteiger partial charge in [0.2, 0.25) is 0 Å². The first-order valence-electron chi connectivity index (χ1n) is 8.31. The second-order valence-electron chi connectivity index (χ2n) is 5.90. The van der Waals surface area contributed by atoms with E-state index in [9.17, 15) is 30.1 Å². The number of halogens is 1. The number of nitro groups is 1. The molecule has 1 aromatic heterocycles. The van der Waals surface area contributed by atoms with Crippen molar-refractivity contribution >= 4 is 35.4 Å². The first-order chi connectivity index (χ1) is 14.3. The Morgan fingerprint density at radius 2 is 1.93 bits per heavy atom. The number of aromatic nitrogens is 2. The van der Waals surface area contributed by atoms with E-state index in [2.05, 4.69) is 5.10 Å². The Labute approximate surface area is 173 Å². The molecule has 3 aromatic rings. The number of para-hydroxylation sites is 1. The molecule has 0 radical (unpaired) electrons. The van der Waals surface area contributed by atoms with Gasteiger partial charge in [-0.25, -0.2) is 4.79 Å². The smallest absolute Gasteiger partial charge is 0.357 e. The lowest BCUT2D eigenvalue weighted by molar-refractivity contribution is -0.384. The van der Waals surface area contributed by atoms with Gasteiger partial charge in [0.15, 0.2) is 5.69 Å². The van der Waals surface area contributed by atoms with Gasteiger partial charge in [-0.1, -0.05) is 42.0 Å². The van der Waals surface area contributed by atoms with Gasteiger partial charge in [-0.15, -0.1) is 0 Å². The number of nitrogens with zero attached hydrogens (tertiary/aromatic N) is 4. The molecule has 0 aliphatic heterocycles. The van der Waals surface area contributed by atoms with Crippen LogP contribution in [0.15, 0.2) is 53.3 Å². The van der Waals surface area contributed by atoms with Gasteiger partial charge in [-0.2, -0.15) is 15.0 Å². The van der Waals surface area contributed by atoms with Crippen molar-refractivity contribution in [3.05, 3.63) is 96.4 Å². The summed E-state index contributed by atoms with van der Waals surface area (Å²) < 4.78 is 0.833. The van der Waals surface area contributed by atoms with Crippen LogP contribution in [-0.4, -0.2) is 25.8 Å². The quantitative estimate of drug-likeness (QED) is 0.489. The van der Waals surface area contributed by atoms with Crippen molar-refractivity contribution in [2.24, 2.45) is 0 Å². The molecule has 0 unspecified atom stereocenters. The van der Waals surface area contributed by atoms with E-state index < -0.39 is 27.7 Å². The number of carbonyl (C=O) groups is 1. The molecule has 3 rings (SSSR count). The first-order valence-corrected chi connectivity index (χ1v) is 8.69. The van der Waals surface area contributed by atoms with Gasteiger partial charge in [0.05, 0.1) is 10.6 Å². The highest BCUT2D eigenvalue weighted by molar-refractivity contribution is 6.32. The summed E-state index contributed by atoms with van der Waals surface area (Å²) in [6, 6.07) is 13.5. The van der Waals surface area contributed by atoms with Crippen molar-refractivity contribution in [1.82, 2.24) is 9.78 Å². The summed E-state index contributed by atoms with van der Waals surface area (Å²) in [6.07, 6.45) is 2.46. The lowest BCUT2D eigenvalue weighted by atomic mass is 10.1. The number of aromatic carboxylic acids is 1. The standard InChI is InChI=1S/C20H11ClN4O5/c21-17-9-7-14(25(29)30)10-12(17)6-8-15-16(11-22)19(26)24(23-18(15)20(27)28)13-4-2-1-3-5-13/h1-10H,(H,27,28)/b8-6-. The topological polar surface area (TPSA) is 139 Å². The molecule has 0 aliphatic rings. The van der Waals surface area contributed by atoms with Crippen molar-refractivity contribution < 1.29 is 14.8 Å². The average Bonchev–Trinajstić information content (AvgIpc) is 2.73. The van der Waals surface area contributed by atoms with Crippen LogP contribution < -0.4 is 5.56 Å². The minimum atomic E-state index is -1.46. The van der Waals surface area contributed by atoms with E-state index in [4.69, 9.17) is 11.6 Å². The number of non-ortho nitro benzene ring substituents is 1. The molecule has 9 nitrogen and oxygen atoms in total. The van der Waals surface area contributed by atoms with E-state index in [1.54, 1.807) is 36.4 Å². The molecule has 0 aliphatic carbocycles. The lowest BCUT2D eigenvalue weighted by Gasteiger charge is -2.09. The molecule has 0 atom stereocenters. The van der Waals surface area contributed by atoms with Crippen LogP contribution in [0.2, 0.25) is 5.02 Å². The summed E-state index contributed by atoms with van der Waals surface area (Å²) in [5.41, 5.74) is -1.74. The second kappa shape index (κ2) is 8.38. The molecule has 0 saturated carbocycles. The SMILES string of the molecule is N#Cc1c(/C=C\c2cc([N+](=O)[O-])ccc2Cl)c(C(=O)O)nn(-c2ccccc2)c1=O. The number of carboxylic acids is 1. The fourth-order valence-electron chi connectivity index (χ4n) is 2.66. The molecule has 1 N–H and O–H groups in total. The molecule has 0 fully saturated rings. The second-order valence-corrected chi connectivity index (χ2v) is 6.31. The van der Waals surface area contributed by atoms with Crippen LogP contribution in [0.4, 0.5) is 5.69 Å². The third-order valence-electron chi connectivity index (χ3n) is 4.07. The Bertz CT molecular complexity index is 1290. The Kier molecular flexibility index (Phi) is 5.71. The van der Waals surface area contributed by atoms with Crippen LogP contribution >= 0.6 is 11.6 Å². The van der Waals surface area contributed by atoms with Gasteiger partial charge >= 0.3 is 5.97 Å². The summed E-state index contributed by atoms with van der Waals surface area (Å²) in [7, 11) is 0. The van der Waals surface area contributed by atoms with Crippen molar-refractivity contribution in [2.45, 2.75) is 0 Å². The van der Waals surface area contributed by atoms with Gasteiger partial charge in [0, 0.05) is 22.7 Å². The predicted octanol–water partition coefficient (Wildman–Crippen LogP) is 3.53. The Balaban J connectivity index is 2.22. The van der Waals surface area contributed by atoms with Crippen LogP contribution in [0, 0.1) is 21.4 Å². The molecule has 30 heavy (non-hydrogen) atoms. The molecule has 148 valence electrons. The van der Waals surface area contributed by atoms with Crippen molar-refractivity contribution in [3.63, 3.8) is 0 Å². The number of nitro benzene ring substituents is 1. The molecule has 10 heteroatoms.